The van der Waals surface area contributed by atoms with Crippen LogP contribution in [0.2, 0.25) is 0 Å². The van der Waals surface area contributed by atoms with Gasteiger partial charge in [0.25, 0.3) is 0 Å². The van der Waals surface area contributed by atoms with Gasteiger partial charge in [-0.2, -0.15) is 0 Å². The Morgan fingerprint density at radius 3 is 2.76 bits per heavy atom. The van der Waals surface area contributed by atoms with E-state index in [1.807, 2.05) is 6.92 Å². The van der Waals surface area contributed by atoms with Gasteiger partial charge in [-0.1, -0.05) is 13.0 Å². The largest absolute Gasteiger partial charge is 0.316 e. The van der Waals surface area contributed by atoms with Gasteiger partial charge in [-0.15, -0.1) is 12.4 Å². The number of sulfonamides is 1. The molecule has 1 heterocycles. The average Bonchev–Trinajstić information content (AvgIpc) is 2.40. The fraction of sp³-hybridized carbons (Fsp3) is 0.571. The second kappa shape index (κ2) is 7.05. The Hall–Kier alpha value is -0.690. The molecule has 1 saturated heterocycles. The summed E-state index contributed by atoms with van der Waals surface area (Å²) in [5.41, 5.74) is 0.600. The molecule has 1 aliphatic heterocycles. The van der Waals surface area contributed by atoms with Crippen molar-refractivity contribution in [3.8, 4) is 0 Å². The minimum atomic E-state index is -3.80. The molecule has 120 valence electrons. The van der Waals surface area contributed by atoms with Crippen LogP contribution in [0.1, 0.15) is 25.3 Å². The molecule has 1 fully saturated rings. The molecule has 4 nitrogen and oxygen atoms in total. The third kappa shape index (κ3) is 4.64. The molecule has 1 aliphatic rings. The van der Waals surface area contributed by atoms with Crippen molar-refractivity contribution in [2.75, 3.05) is 19.6 Å². The molecule has 2 rings (SSSR count). The highest BCUT2D eigenvalue weighted by Gasteiger charge is 2.29. The predicted octanol–water partition coefficient (Wildman–Crippen LogP) is 2.22. The van der Waals surface area contributed by atoms with E-state index < -0.39 is 15.8 Å². The first kappa shape index (κ1) is 18.4. The summed E-state index contributed by atoms with van der Waals surface area (Å²) in [4.78, 5) is -0.273. The zero-order chi connectivity index (χ0) is 14.8. The molecule has 0 saturated carbocycles. The van der Waals surface area contributed by atoms with Crippen molar-refractivity contribution in [1.82, 2.24) is 10.0 Å². The zero-order valence-corrected chi connectivity index (χ0v) is 13.9. The van der Waals surface area contributed by atoms with Gasteiger partial charge in [-0.3, -0.25) is 0 Å². The van der Waals surface area contributed by atoms with Crippen molar-refractivity contribution < 1.29 is 12.8 Å². The van der Waals surface area contributed by atoms with E-state index in [4.69, 9.17) is 0 Å². The summed E-state index contributed by atoms with van der Waals surface area (Å²) < 4.78 is 40.7. The van der Waals surface area contributed by atoms with Crippen molar-refractivity contribution >= 4 is 22.4 Å². The third-order valence-electron chi connectivity index (χ3n) is 3.75. The molecular formula is C14H22ClFN2O2S. The van der Waals surface area contributed by atoms with Crippen LogP contribution in [-0.4, -0.2) is 28.1 Å². The summed E-state index contributed by atoms with van der Waals surface area (Å²) in [5.74, 6) is -0.713. The topological polar surface area (TPSA) is 58.2 Å². The van der Waals surface area contributed by atoms with Crippen molar-refractivity contribution in [1.29, 1.82) is 0 Å². The summed E-state index contributed by atoms with van der Waals surface area (Å²) in [7, 11) is -3.80. The first-order valence-corrected chi connectivity index (χ1v) is 8.27. The molecule has 21 heavy (non-hydrogen) atoms. The maximum atomic E-state index is 13.7. The second-order valence-electron chi connectivity index (χ2n) is 5.85. The van der Waals surface area contributed by atoms with E-state index in [1.165, 1.54) is 12.1 Å². The molecule has 1 atom stereocenters. The van der Waals surface area contributed by atoms with Gasteiger partial charge in [-0.25, -0.2) is 17.5 Å². The van der Waals surface area contributed by atoms with Crippen LogP contribution < -0.4 is 10.0 Å². The quantitative estimate of drug-likeness (QED) is 0.886. The molecule has 0 spiro atoms. The van der Waals surface area contributed by atoms with Crippen LogP contribution in [0.15, 0.2) is 23.1 Å². The molecule has 0 aromatic heterocycles. The van der Waals surface area contributed by atoms with E-state index in [2.05, 4.69) is 10.0 Å². The van der Waals surface area contributed by atoms with Gasteiger partial charge in [-0.05, 0) is 49.4 Å². The van der Waals surface area contributed by atoms with Crippen LogP contribution in [0.4, 0.5) is 4.39 Å². The fourth-order valence-corrected chi connectivity index (χ4v) is 3.79. The minimum Gasteiger partial charge on any atom is -0.316 e. The van der Waals surface area contributed by atoms with Gasteiger partial charge in [0.2, 0.25) is 10.0 Å². The Kier molecular flexibility index (Phi) is 6.16. The Morgan fingerprint density at radius 2 is 2.14 bits per heavy atom. The highest BCUT2D eigenvalue weighted by atomic mass is 35.5. The lowest BCUT2D eigenvalue weighted by atomic mass is 9.83. The van der Waals surface area contributed by atoms with E-state index in [1.54, 1.807) is 13.0 Å². The summed E-state index contributed by atoms with van der Waals surface area (Å²) in [6, 6.07) is 4.10. The van der Waals surface area contributed by atoms with Crippen LogP contribution in [0.5, 0.6) is 0 Å². The van der Waals surface area contributed by atoms with E-state index in [-0.39, 0.29) is 22.7 Å². The lowest BCUT2D eigenvalue weighted by Gasteiger charge is -2.34. The highest BCUT2D eigenvalue weighted by molar-refractivity contribution is 7.89. The number of benzene rings is 1. The molecule has 1 unspecified atom stereocenters. The van der Waals surface area contributed by atoms with Gasteiger partial charge in [0, 0.05) is 13.1 Å². The van der Waals surface area contributed by atoms with Crippen LogP contribution in [0, 0.1) is 18.2 Å². The van der Waals surface area contributed by atoms with Gasteiger partial charge < -0.3 is 5.32 Å². The normalized spacial score (nSPS) is 22.6. The summed E-state index contributed by atoms with van der Waals surface area (Å²) >= 11 is 0. The molecule has 1 aromatic rings. The first-order valence-electron chi connectivity index (χ1n) is 6.79. The van der Waals surface area contributed by atoms with Crippen LogP contribution in [0.25, 0.3) is 0 Å². The lowest BCUT2D eigenvalue weighted by molar-refractivity contribution is 0.238. The zero-order valence-electron chi connectivity index (χ0n) is 12.3. The molecule has 7 heteroatoms. The van der Waals surface area contributed by atoms with E-state index in [0.29, 0.717) is 6.54 Å². The molecule has 2 N–H and O–H groups in total. The van der Waals surface area contributed by atoms with Crippen molar-refractivity contribution in [2.45, 2.75) is 31.6 Å². The average molecular weight is 337 g/mol. The number of hydrogen-bond acceptors (Lipinski definition) is 3. The number of aryl methyl sites for hydroxylation is 1. The molecule has 1 aromatic carbocycles. The Labute approximate surface area is 132 Å². The van der Waals surface area contributed by atoms with Crippen molar-refractivity contribution in [2.24, 2.45) is 5.41 Å². The number of halogens is 2. The van der Waals surface area contributed by atoms with E-state index in [0.717, 1.165) is 31.5 Å². The highest BCUT2D eigenvalue weighted by Crippen LogP contribution is 2.25. The fourth-order valence-electron chi connectivity index (χ4n) is 2.43. The Balaban J connectivity index is 0.00000220. The van der Waals surface area contributed by atoms with Crippen molar-refractivity contribution in [3.05, 3.63) is 29.6 Å². The number of nitrogens with one attached hydrogen (secondary N) is 2. The molecule has 0 bridgehead atoms. The van der Waals surface area contributed by atoms with Crippen LogP contribution in [0.3, 0.4) is 0 Å². The van der Waals surface area contributed by atoms with Gasteiger partial charge in [0.05, 0.1) is 0 Å². The first-order chi connectivity index (χ1) is 9.32. The van der Waals surface area contributed by atoms with Crippen LogP contribution in [-0.2, 0) is 10.0 Å². The molecular weight excluding hydrogens is 315 g/mol. The van der Waals surface area contributed by atoms with Crippen LogP contribution >= 0.6 is 12.4 Å². The summed E-state index contributed by atoms with van der Waals surface area (Å²) in [6.45, 7) is 5.83. The van der Waals surface area contributed by atoms with E-state index in [9.17, 15) is 12.8 Å². The molecule has 0 amide bonds. The minimum absolute atomic E-state index is 0. The third-order valence-corrected chi connectivity index (χ3v) is 5.17. The van der Waals surface area contributed by atoms with Gasteiger partial charge in [0.1, 0.15) is 10.7 Å². The Morgan fingerprint density at radius 1 is 1.43 bits per heavy atom. The number of piperidine rings is 1. The lowest BCUT2D eigenvalue weighted by Crippen LogP contribution is -2.45. The van der Waals surface area contributed by atoms with E-state index >= 15 is 0 Å². The molecule has 0 aliphatic carbocycles. The monoisotopic (exact) mass is 336 g/mol. The van der Waals surface area contributed by atoms with Gasteiger partial charge >= 0.3 is 0 Å². The standard InChI is InChI=1S/C14H21FN2O2S.ClH/c1-11-4-5-12(15)13(8-11)20(18,19)17-10-14(2)6-3-7-16-9-14;/h4-5,8,16-17H,3,6-7,9-10H2,1-2H3;1H. The maximum absolute atomic E-state index is 13.7. The smallest absolute Gasteiger partial charge is 0.243 e. The van der Waals surface area contributed by atoms with Crippen molar-refractivity contribution in [3.63, 3.8) is 0 Å². The Bertz CT molecular complexity index is 587. The van der Waals surface area contributed by atoms with Gasteiger partial charge in [0.15, 0.2) is 0 Å². The number of hydrogen-bond donors (Lipinski definition) is 2. The second-order valence-corrected chi connectivity index (χ2v) is 7.58. The maximum Gasteiger partial charge on any atom is 0.243 e. The summed E-state index contributed by atoms with van der Waals surface area (Å²) in [6.07, 6.45) is 1.98. The summed E-state index contributed by atoms with van der Waals surface area (Å²) in [5, 5.41) is 3.26. The molecule has 0 radical (unpaired) electrons. The predicted molar refractivity (Wildman–Crippen MR) is 83.8 cm³/mol. The SMILES string of the molecule is Cc1ccc(F)c(S(=O)(=O)NCC2(C)CCCNC2)c1.Cl. The number of rotatable bonds is 4.